The van der Waals surface area contributed by atoms with Gasteiger partial charge < -0.3 is 15.4 Å². The number of piperidine rings is 1. The van der Waals surface area contributed by atoms with Crippen LogP contribution in [0.5, 0.6) is 5.75 Å². The number of ether oxygens (including phenoxy) is 1. The number of nitrogens with zero attached hydrogens (tertiary/aromatic N) is 2. The number of carbonyl (C=O) groups excluding carboxylic acids is 1. The van der Waals surface area contributed by atoms with Gasteiger partial charge in [0.1, 0.15) is 0 Å². The highest BCUT2D eigenvalue weighted by atomic mass is 19.4. The van der Waals surface area contributed by atoms with Crippen molar-refractivity contribution in [2.75, 3.05) is 19.7 Å². The standard InChI is InChI=1S/C15H20F3N3O2/c1-14(2)8-21(7-5-11(14)19)13(22)12-10(4-3-6-20-12)23-9-15(16,17)18/h3-4,6,11H,5,7-9,19H2,1-2H3. The highest BCUT2D eigenvalue weighted by Gasteiger charge is 2.37. The molecule has 0 radical (unpaired) electrons. The molecule has 5 nitrogen and oxygen atoms in total. The summed E-state index contributed by atoms with van der Waals surface area (Å²) in [5.74, 6) is -0.606. The van der Waals surface area contributed by atoms with E-state index in [4.69, 9.17) is 10.5 Å². The van der Waals surface area contributed by atoms with Crippen LogP contribution in [0, 0.1) is 5.41 Å². The van der Waals surface area contributed by atoms with Crippen molar-refractivity contribution < 1.29 is 22.7 Å². The second-order valence-corrected chi connectivity index (χ2v) is 6.36. The van der Waals surface area contributed by atoms with Crippen molar-refractivity contribution in [2.24, 2.45) is 11.1 Å². The summed E-state index contributed by atoms with van der Waals surface area (Å²) in [6.07, 6.45) is -2.49. The second kappa shape index (κ2) is 6.35. The van der Waals surface area contributed by atoms with E-state index in [1.54, 1.807) is 4.90 Å². The van der Waals surface area contributed by atoms with Crippen molar-refractivity contribution >= 4 is 5.91 Å². The summed E-state index contributed by atoms with van der Waals surface area (Å²) in [5.41, 5.74) is 5.66. The summed E-state index contributed by atoms with van der Waals surface area (Å²) in [6, 6.07) is 2.71. The number of likely N-dealkylation sites (tertiary alicyclic amines) is 1. The fourth-order valence-corrected chi connectivity index (χ4v) is 2.52. The average molecular weight is 331 g/mol. The molecule has 1 aromatic rings. The summed E-state index contributed by atoms with van der Waals surface area (Å²) >= 11 is 0. The zero-order valence-corrected chi connectivity index (χ0v) is 13.1. The molecule has 0 aliphatic carbocycles. The van der Waals surface area contributed by atoms with Crippen LogP contribution in [0.3, 0.4) is 0 Å². The van der Waals surface area contributed by atoms with Crippen LogP contribution in [0.15, 0.2) is 18.3 Å². The Morgan fingerprint density at radius 3 is 2.83 bits per heavy atom. The number of nitrogens with two attached hydrogens (primary N) is 1. The Morgan fingerprint density at radius 1 is 1.52 bits per heavy atom. The summed E-state index contributed by atoms with van der Waals surface area (Å²) in [6.45, 7) is 3.31. The van der Waals surface area contributed by atoms with Crippen molar-refractivity contribution in [3.8, 4) is 5.75 Å². The molecule has 0 bridgehead atoms. The lowest BCUT2D eigenvalue weighted by molar-refractivity contribution is -0.153. The van der Waals surface area contributed by atoms with E-state index in [1.165, 1.54) is 18.3 Å². The number of hydrogen-bond donors (Lipinski definition) is 1. The van der Waals surface area contributed by atoms with Crippen molar-refractivity contribution in [1.82, 2.24) is 9.88 Å². The molecule has 1 amide bonds. The molecule has 8 heteroatoms. The Balaban J connectivity index is 2.16. The van der Waals surface area contributed by atoms with E-state index < -0.39 is 18.7 Å². The van der Waals surface area contributed by atoms with Gasteiger partial charge in [-0.1, -0.05) is 13.8 Å². The lowest BCUT2D eigenvalue weighted by Gasteiger charge is -2.42. The molecule has 1 aliphatic heterocycles. The number of carbonyl (C=O) groups is 1. The third-order valence-electron chi connectivity index (χ3n) is 3.96. The predicted octanol–water partition coefficient (Wildman–Crippen LogP) is 2.22. The van der Waals surface area contributed by atoms with Gasteiger partial charge in [0.15, 0.2) is 18.1 Å². The first-order chi connectivity index (χ1) is 10.6. The van der Waals surface area contributed by atoms with Crippen molar-refractivity contribution in [2.45, 2.75) is 32.5 Å². The predicted molar refractivity (Wildman–Crippen MR) is 78.1 cm³/mol. The third-order valence-corrected chi connectivity index (χ3v) is 3.96. The molecule has 1 aromatic heterocycles. The van der Waals surface area contributed by atoms with E-state index in [1.807, 2.05) is 13.8 Å². The van der Waals surface area contributed by atoms with Gasteiger partial charge in [0, 0.05) is 25.3 Å². The number of amides is 1. The van der Waals surface area contributed by atoms with Gasteiger partial charge in [-0.3, -0.25) is 4.79 Å². The van der Waals surface area contributed by atoms with Crippen LogP contribution in [0.2, 0.25) is 0 Å². The monoisotopic (exact) mass is 331 g/mol. The van der Waals surface area contributed by atoms with Crippen LogP contribution in [0.25, 0.3) is 0 Å². The van der Waals surface area contributed by atoms with Gasteiger partial charge in [0.05, 0.1) is 0 Å². The van der Waals surface area contributed by atoms with Crippen LogP contribution < -0.4 is 10.5 Å². The number of halogens is 3. The van der Waals surface area contributed by atoms with Gasteiger partial charge >= 0.3 is 6.18 Å². The molecule has 2 heterocycles. The minimum atomic E-state index is -4.48. The number of aromatic nitrogens is 1. The Morgan fingerprint density at radius 2 is 2.22 bits per heavy atom. The molecule has 2 N–H and O–H groups in total. The minimum absolute atomic E-state index is 0.0313. The molecule has 128 valence electrons. The van der Waals surface area contributed by atoms with Crippen LogP contribution in [-0.2, 0) is 0 Å². The molecule has 1 aliphatic rings. The fraction of sp³-hybridized carbons (Fsp3) is 0.600. The van der Waals surface area contributed by atoms with E-state index in [-0.39, 0.29) is 22.9 Å². The third kappa shape index (κ3) is 4.34. The number of rotatable bonds is 3. The SMILES string of the molecule is CC1(C)CN(C(=O)c2ncccc2OCC(F)(F)F)CCC1N. The van der Waals surface area contributed by atoms with E-state index in [0.717, 1.165) is 0 Å². The fourth-order valence-electron chi connectivity index (χ4n) is 2.52. The second-order valence-electron chi connectivity index (χ2n) is 6.36. The Hall–Kier alpha value is -1.83. The first kappa shape index (κ1) is 17.5. The zero-order valence-electron chi connectivity index (χ0n) is 13.1. The first-order valence-electron chi connectivity index (χ1n) is 7.29. The quantitative estimate of drug-likeness (QED) is 0.922. The first-order valence-corrected chi connectivity index (χ1v) is 7.29. The topological polar surface area (TPSA) is 68.5 Å². The van der Waals surface area contributed by atoms with Gasteiger partial charge in [0.25, 0.3) is 5.91 Å². The van der Waals surface area contributed by atoms with Crippen LogP contribution in [0.1, 0.15) is 30.8 Å². The molecule has 1 saturated heterocycles. The summed E-state index contributed by atoms with van der Waals surface area (Å²) in [5, 5.41) is 0. The van der Waals surface area contributed by atoms with Gasteiger partial charge in [-0.2, -0.15) is 13.2 Å². The zero-order chi connectivity index (χ0) is 17.3. The maximum atomic E-state index is 12.6. The van der Waals surface area contributed by atoms with Crippen LogP contribution in [0.4, 0.5) is 13.2 Å². The molecular formula is C15H20F3N3O2. The summed E-state index contributed by atoms with van der Waals surface area (Å²) < 4.78 is 41.7. The minimum Gasteiger partial charge on any atom is -0.482 e. The van der Waals surface area contributed by atoms with Crippen LogP contribution >= 0.6 is 0 Å². The van der Waals surface area contributed by atoms with E-state index in [9.17, 15) is 18.0 Å². The largest absolute Gasteiger partial charge is 0.482 e. The Bertz CT molecular complexity index is 575. The highest BCUT2D eigenvalue weighted by Crippen LogP contribution is 2.30. The number of pyridine rings is 1. The molecule has 23 heavy (non-hydrogen) atoms. The van der Waals surface area contributed by atoms with E-state index in [2.05, 4.69) is 4.98 Å². The molecule has 1 unspecified atom stereocenters. The molecule has 1 fully saturated rings. The van der Waals surface area contributed by atoms with Gasteiger partial charge in [-0.15, -0.1) is 0 Å². The molecular weight excluding hydrogens is 311 g/mol. The summed E-state index contributed by atoms with van der Waals surface area (Å²) in [4.78, 5) is 18.1. The molecule has 0 saturated carbocycles. The normalized spacial score (nSPS) is 21.1. The van der Waals surface area contributed by atoms with Gasteiger partial charge in [-0.05, 0) is 24.0 Å². The maximum absolute atomic E-state index is 12.6. The molecule has 1 atom stereocenters. The lowest BCUT2D eigenvalue weighted by atomic mass is 9.79. The molecule has 2 rings (SSSR count). The average Bonchev–Trinajstić information content (AvgIpc) is 2.47. The van der Waals surface area contributed by atoms with E-state index >= 15 is 0 Å². The molecule has 0 spiro atoms. The van der Waals surface area contributed by atoms with Crippen molar-refractivity contribution in [1.29, 1.82) is 0 Å². The number of alkyl halides is 3. The number of hydrogen-bond acceptors (Lipinski definition) is 4. The van der Waals surface area contributed by atoms with Crippen molar-refractivity contribution in [3.63, 3.8) is 0 Å². The molecule has 0 aromatic carbocycles. The Labute approximate surface area is 132 Å². The van der Waals surface area contributed by atoms with Gasteiger partial charge in [0.2, 0.25) is 0 Å². The maximum Gasteiger partial charge on any atom is 0.422 e. The lowest BCUT2D eigenvalue weighted by Crippen LogP contribution is -2.54. The smallest absolute Gasteiger partial charge is 0.422 e. The highest BCUT2D eigenvalue weighted by molar-refractivity contribution is 5.95. The van der Waals surface area contributed by atoms with Crippen molar-refractivity contribution in [3.05, 3.63) is 24.0 Å². The van der Waals surface area contributed by atoms with Gasteiger partial charge in [-0.25, -0.2) is 4.98 Å². The Kier molecular flexibility index (Phi) is 4.84. The van der Waals surface area contributed by atoms with Crippen LogP contribution in [-0.4, -0.2) is 47.7 Å². The summed E-state index contributed by atoms with van der Waals surface area (Å²) in [7, 11) is 0. The van der Waals surface area contributed by atoms with E-state index in [0.29, 0.717) is 19.5 Å².